The molecule has 2 rings (SSSR count). The van der Waals surface area contributed by atoms with Crippen LogP contribution in [0.5, 0.6) is 0 Å². The molecular formula is C15H14O2S. The van der Waals surface area contributed by atoms with Crippen LogP contribution in [-0.4, -0.2) is 11.1 Å². The first-order valence-electron chi connectivity index (χ1n) is 5.71. The minimum Gasteiger partial charge on any atom is -0.481 e. The van der Waals surface area contributed by atoms with Gasteiger partial charge in [-0.25, -0.2) is 0 Å². The Balaban J connectivity index is 2.11. The molecule has 1 atom stereocenters. The molecule has 0 amide bonds. The van der Waals surface area contributed by atoms with Crippen LogP contribution < -0.4 is 0 Å². The van der Waals surface area contributed by atoms with Crippen LogP contribution in [0.3, 0.4) is 0 Å². The highest BCUT2D eigenvalue weighted by molar-refractivity contribution is 7.10. The van der Waals surface area contributed by atoms with Crippen LogP contribution in [0.15, 0.2) is 41.8 Å². The number of carbonyl (C=O) groups is 1. The summed E-state index contributed by atoms with van der Waals surface area (Å²) in [5.74, 6) is -1.25. The summed E-state index contributed by atoms with van der Waals surface area (Å²) >= 11 is 1.69. The molecule has 3 heteroatoms. The zero-order chi connectivity index (χ0) is 13.0. The molecule has 1 heterocycles. The van der Waals surface area contributed by atoms with E-state index in [4.69, 9.17) is 5.11 Å². The Labute approximate surface area is 110 Å². The average Bonchev–Trinajstić information content (AvgIpc) is 2.89. The van der Waals surface area contributed by atoms with Crippen molar-refractivity contribution in [3.8, 4) is 0 Å². The van der Waals surface area contributed by atoms with E-state index in [1.165, 1.54) is 4.88 Å². The molecule has 92 valence electrons. The molecular weight excluding hydrogens is 244 g/mol. The molecule has 0 aliphatic carbocycles. The van der Waals surface area contributed by atoms with Crippen LogP contribution >= 0.6 is 11.3 Å². The van der Waals surface area contributed by atoms with Gasteiger partial charge in [-0.3, -0.25) is 4.79 Å². The SMILES string of the molecule is CC(C(=O)O)c1ccc(/C=C/c2cccs2)cc1. The average molecular weight is 258 g/mol. The van der Waals surface area contributed by atoms with Crippen molar-refractivity contribution in [3.63, 3.8) is 0 Å². The third-order valence-corrected chi connectivity index (χ3v) is 3.63. The van der Waals surface area contributed by atoms with Crippen LogP contribution in [0.4, 0.5) is 0 Å². The summed E-state index contributed by atoms with van der Waals surface area (Å²) in [5, 5.41) is 11.0. The lowest BCUT2D eigenvalue weighted by Crippen LogP contribution is -2.06. The number of carboxylic acid groups (broad SMARTS) is 1. The first kappa shape index (κ1) is 12.6. The standard InChI is InChI=1S/C15H14O2S/c1-11(15(16)17)13-7-4-12(5-8-13)6-9-14-3-2-10-18-14/h2-11H,1H3,(H,16,17)/b9-6+. The largest absolute Gasteiger partial charge is 0.481 e. The van der Waals surface area contributed by atoms with Gasteiger partial charge in [-0.05, 0) is 35.6 Å². The molecule has 0 spiro atoms. The van der Waals surface area contributed by atoms with Crippen molar-refractivity contribution in [2.45, 2.75) is 12.8 Å². The van der Waals surface area contributed by atoms with Gasteiger partial charge in [0.1, 0.15) is 0 Å². The van der Waals surface area contributed by atoms with E-state index in [0.717, 1.165) is 11.1 Å². The van der Waals surface area contributed by atoms with Gasteiger partial charge in [0.05, 0.1) is 5.92 Å². The van der Waals surface area contributed by atoms with Gasteiger partial charge in [-0.1, -0.05) is 36.4 Å². The number of hydrogen-bond donors (Lipinski definition) is 1. The summed E-state index contributed by atoms with van der Waals surface area (Å²) in [7, 11) is 0. The van der Waals surface area contributed by atoms with Gasteiger partial charge < -0.3 is 5.11 Å². The van der Waals surface area contributed by atoms with Gasteiger partial charge in [0.15, 0.2) is 0 Å². The van der Waals surface area contributed by atoms with Crippen molar-refractivity contribution in [1.82, 2.24) is 0 Å². The van der Waals surface area contributed by atoms with Gasteiger partial charge in [0.25, 0.3) is 0 Å². The number of carboxylic acids is 1. The Bertz CT molecular complexity index is 538. The van der Waals surface area contributed by atoms with E-state index in [1.54, 1.807) is 18.3 Å². The Hall–Kier alpha value is -1.87. The molecule has 0 fully saturated rings. The van der Waals surface area contributed by atoms with E-state index in [-0.39, 0.29) is 0 Å². The van der Waals surface area contributed by atoms with Crippen molar-refractivity contribution < 1.29 is 9.90 Å². The maximum Gasteiger partial charge on any atom is 0.310 e. The number of hydrogen-bond acceptors (Lipinski definition) is 2. The first-order valence-corrected chi connectivity index (χ1v) is 6.59. The zero-order valence-electron chi connectivity index (χ0n) is 10.0. The molecule has 1 unspecified atom stereocenters. The number of rotatable bonds is 4. The van der Waals surface area contributed by atoms with E-state index in [1.807, 2.05) is 41.8 Å². The summed E-state index contributed by atoms with van der Waals surface area (Å²) in [6.45, 7) is 1.69. The summed E-state index contributed by atoms with van der Waals surface area (Å²) in [6.07, 6.45) is 4.08. The molecule has 0 saturated heterocycles. The summed E-state index contributed by atoms with van der Waals surface area (Å²) < 4.78 is 0. The second-order valence-electron chi connectivity index (χ2n) is 4.08. The van der Waals surface area contributed by atoms with Gasteiger partial charge >= 0.3 is 5.97 Å². The predicted molar refractivity (Wildman–Crippen MR) is 75.7 cm³/mol. The van der Waals surface area contributed by atoms with Crippen molar-refractivity contribution in [2.24, 2.45) is 0 Å². The minimum atomic E-state index is -0.795. The molecule has 0 saturated carbocycles. The van der Waals surface area contributed by atoms with E-state index in [2.05, 4.69) is 12.1 Å². The number of aliphatic carboxylic acids is 1. The first-order chi connectivity index (χ1) is 8.66. The number of benzene rings is 1. The fourth-order valence-corrected chi connectivity index (χ4v) is 2.22. The molecule has 2 nitrogen and oxygen atoms in total. The number of thiophene rings is 1. The Morgan fingerprint density at radius 2 is 1.94 bits per heavy atom. The van der Waals surface area contributed by atoms with Crippen LogP contribution in [0.1, 0.15) is 28.8 Å². The van der Waals surface area contributed by atoms with Crippen molar-refractivity contribution >= 4 is 29.5 Å². The highest BCUT2D eigenvalue weighted by Crippen LogP contribution is 2.18. The van der Waals surface area contributed by atoms with Gasteiger partial charge in [0.2, 0.25) is 0 Å². The maximum atomic E-state index is 10.9. The van der Waals surface area contributed by atoms with Crippen molar-refractivity contribution in [3.05, 3.63) is 57.8 Å². The third kappa shape index (κ3) is 3.08. The fraction of sp³-hybridized carbons (Fsp3) is 0.133. The molecule has 1 aromatic carbocycles. The monoisotopic (exact) mass is 258 g/mol. The predicted octanol–water partition coefficient (Wildman–Crippen LogP) is 4.11. The molecule has 0 aliphatic rings. The molecule has 0 aliphatic heterocycles. The summed E-state index contributed by atoms with van der Waals surface area (Å²) in [6, 6.07) is 11.7. The van der Waals surface area contributed by atoms with Crippen LogP contribution in [-0.2, 0) is 4.79 Å². The normalized spacial score (nSPS) is 12.7. The maximum absolute atomic E-state index is 10.9. The molecule has 2 aromatic rings. The lowest BCUT2D eigenvalue weighted by molar-refractivity contribution is -0.138. The van der Waals surface area contributed by atoms with Crippen LogP contribution in [0, 0.1) is 0 Å². The smallest absolute Gasteiger partial charge is 0.310 e. The van der Waals surface area contributed by atoms with Gasteiger partial charge in [0, 0.05) is 4.88 Å². The topological polar surface area (TPSA) is 37.3 Å². The van der Waals surface area contributed by atoms with Crippen molar-refractivity contribution in [1.29, 1.82) is 0 Å². The molecule has 0 bridgehead atoms. The van der Waals surface area contributed by atoms with E-state index >= 15 is 0 Å². The molecule has 18 heavy (non-hydrogen) atoms. The second-order valence-corrected chi connectivity index (χ2v) is 5.05. The quantitative estimate of drug-likeness (QED) is 0.896. The van der Waals surface area contributed by atoms with Gasteiger partial charge in [-0.15, -0.1) is 11.3 Å². The Kier molecular flexibility index (Phi) is 3.95. The minimum absolute atomic E-state index is 0.458. The van der Waals surface area contributed by atoms with E-state index in [9.17, 15) is 4.79 Å². The zero-order valence-corrected chi connectivity index (χ0v) is 10.9. The summed E-state index contributed by atoms with van der Waals surface area (Å²) in [4.78, 5) is 12.1. The molecule has 0 radical (unpaired) electrons. The fourth-order valence-electron chi connectivity index (χ4n) is 1.60. The van der Waals surface area contributed by atoms with Crippen molar-refractivity contribution in [2.75, 3.05) is 0 Å². The molecule has 1 N–H and O–H groups in total. The lowest BCUT2D eigenvalue weighted by atomic mass is 10.00. The Morgan fingerprint density at radius 3 is 2.50 bits per heavy atom. The van der Waals surface area contributed by atoms with Gasteiger partial charge in [-0.2, -0.15) is 0 Å². The van der Waals surface area contributed by atoms with E-state index < -0.39 is 11.9 Å². The lowest BCUT2D eigenvalue weighted by Gasteiger charge is -2.06. The van der Waals surface area contributed by atoms with E-state index in [0.29, 0.717) is 0 Å². The highest BCUT2D eigenvalue weighted by Gasteiger charge is 2.12. The second kappa shape index (κ2) is 5.65. The van der Waals surface area contributed by atoms with Crippen LogP contribution in [0.25, 0.3) is 12.2 Å². The molecule has 1 aromatic heterocycles. The third-order valence-electron chi connectivity index (χ3n) is 2.79. The Morgan fingerprint density at radius 1 is 1.22 bits per heavy atom. The van der Waals surface area contributed by atoms with Crippen LogP contribution in [0.2, 0.25) is 0 Å². The summed E-state index contributed by atoms with van der Waals surface area (Å²) in [5.41, 5.74) is 1.90. The highest BCUT2D eigenvalue weighted by atomic mass is 32.1.